The topological polar surface area (TPSA) is 93.5 Å². The lowest BCUT2D eigenvalue weighted by Crippen LogP contribution is -2.14. The Balaban J connectivity index is 1.44. The standard InChI is InChI=1S/C22H17N3O4S/c1-28-17-10-4-14(5-11-17)20-19(23-13-29-20)22(27)25-16-8-6-15(7-9-16)24-21(26)18-3-2-12-30-18/h2-13H,1H3,(H,24,26)(H,25,27). The SMILES string of the molecule is COc1ccc(-c2ocnc2C(=O)Nc2ccc(NC(=O)c3cccs3)cc2)cc1. The molecule has 150 valence electrons. The van der Waals surface area contributed by atoms with Gasteiger partial charge in [-0.3, -0.25) is 9.59 Å². The summed E-state index contributed by atoms with van der Waals surface area (Å²) in [6, 6.07) is 17.6. The van der Waals surface area contributed by atoms with Crippen molar-refractivity contribution in [2.75, 3.05) is 17.7 Å². The van der Waals surface area contributed by atoms with Crippen LogP contribution in [0.1, 0.15) is 20.2 Å². The molecule has 0 unspecified atom stereocenters. The van der Waals surface area contributed by atoms with Gasteiger partial charge in [-0.1, -0.05) is 6.07 Å². The zero-order valence-corrected chi connectivity index (χ0v) is 16.7. The van der Waals surface area contributed by atoms with Crippen LogP contribution in [0.4, 0.5) is 11.4 Å². The van der Waals surface area contributed by atoms with Crippen molar-refractivity contribution in [3.8, 4) is 17.1 Å². The predicted molar refractivity (Wildman–Crippen MR) is 115 cm³/mol. The number of carbonyl (C=O) groups is 2. The number of hydrogen-bond acceptors (Lipinski definition) is 6. The maximum atomic E-state index is 12.7. The van der Waals surface area contributed by atoms with Gasteiger partial charge in [0.1, 0.15) is 5.75 Å². The van der Waals surface area contributed by atoms with Crippen molar-refractivity contribution in [2.45, 2.75) is 0 Å². The monoisotopic (exact) mass is 419 g/mol. The van der Waals surface area contributed by atoms with Crippen LogP contribution in [0.15, 0.2) is 76.9 Å². The highest BCUT2D eigenvalue weighted by Crippen LogP contribution is 2.26. The predicted octanol–water partition coefficient (Wildman–Crippen LogP) is 4.92. The van der Waals surface area contributed by atoms with Gasteiger partial charge in [-0.15, -0.1) is 11.3 Å². The smallest absolute Gasteiger partial charge is 0.278 e. The van der Waals surface area contributed by atoms with Crippen molar-refractivity contribution in [2.24, 2.45) is 0 Å². The molecule has 0 aliphatic carbocycles. The molecule has 2 aromatic heterocycles. The van der Waals surface area contributed by atoms with E-state index in [-0.39, 0.29) is 11.6 Å². The van der Waals surface area contributed by atoms with Crippen molar-refractivity contribution in [3.63, 3.8) is 0 Å². The van der Waals surface area contributed by atoms with Crippen molar-refractivity contribution < 1.29 is 18.7 Å². The second-order valence-electron chi connectivity index (χ2n) is 6.22. The van der Waals surface area contributed by atoms with Crippen molar-refractivity contribution in [1.29, 1.82) is 0 Å². The van der Waals surface area contributed by atoms with Gasteiger partial charge in [0.2, 0.25) is 0 Å². The van der Waals surface area contributed by atoms with Gasteiger partial charge in [0.15, 0.2) is 17.8 Å². The number of hydrogen-bond donors (Lipinski definition) is 2. The minimum Gasteiger partial charge on any atom is -0.497 e. The van der Waals surface area contributed by atoms with Crippen molar-refractivity contribution in [3.05, 3.63) is 83.0 Å². The van der Waals surface area contributed by atoms with Crippen molar-refractivity contribution >= 4 is 34.5 Å². The lowest BCUT2D eigenvalue weighted by atomic mass is 10.1. The van der Waals surface area contributed by atoms with Gasteiger partial charge in [0.05, 0.1) is 12.0 Å². The maximum Gasteiger partial charge on any atom is 0.278 e. The Kier molecular flexibility index (Phi) is 5.58. The number of nitrogens with one attached hydrogen (secondary N) is 2. The van der Waals surface area contributed by atoms with E-state index in [0.717, 1.165) is 0 Å². The van der Waals surface area contributed by atoms with Gasteiger partial charge >= 0.3 is 0 Å². The Morgan fingerprint density at radius 2 is 1.60 bits per heavy atom. The summed E-state index contributed by atoms with van der Waals surface area (Å²) in [6.07, 6.45) is 1.23. The van der Waals surface area contributed by atoms with Gasteiger partial charge in [-0.25, -0.2) is 4.98 Å². The van der Waals surface area contributed by atoms with E-state index in [1.807, 2.05) is 11.4 Å². The van der Waals surface area contributed by atoms with Crippen LogP contribution >= 0.6 is 11.3 Å². The molecular formula is C22H17N3O4S. The lowest BCUT2D eigenvalue weighted by molar-refractivity contribution is 0.101. The van der Waals surface area contributed by atoms with Crippen LogP contribution in [-0.4, -0.2) is 23.9 Å². The molecule has 4 aromatic rings. The first-order chi connectivity index (χ1) is 14.6. The number of ether oxygens (including phenoxy) is 1. The third-order valence-electron chi connectivity index (χ3n) is 4.28. The maximum absolute atomic E-state index is 12.7. The van der Waals surface area contributed by atoms with E-state index in [9.17, 15) is 9.59 Å². The van der Waals surface area contributed by atoms with Gasteiger partial charge in [-0.05, 0) is 60.0 Å². The molecule has 0 bridgehead atoms. The van der Waals surface area contributed by atoms with E-state index in [0.29, 0.717) is 33.3 Å². The summed E-state index contributed by atoms with van der Waals surface area (Å²) >= 11 is 1.37. The van der Waals surface area contributed by atoms with Crippen LogP contribution in [0.2, 0.25) is 0 Å². The molecule has 0 aliphatic rings. The quantitative estimate of drug-likeness (QED) is 0.463. The molecule has 0 spiro atoms. The van der Waals surface area contributed by atoms with E-state index >= 15 is 0 Å². The van der Waals surface area contributed by atoms with E-state index in [1.54, 1.807) is 61.7 Å². The second-order valence-corrected chi connectivity index (χ2v) is 7.17. The van der Waals surface area contributed by atoms with Gasteiger partial charge in [-0.2, -0.15) is 0 Å². The number of rotatable bonds is 6. The summed E-state index contributed by atoms with van der Waals surface area (Å²) in [5.74, 6) is 0.504. The van der Waals surface area contributed by atoms with Crippen molar-refractivity contribution in [1.82, 2.24) is 4.98 Å². The number of amides is 2. The minimum absolute atomic E-state index is 0.173. The van der Waals surface area contributed by atoms with Gasteiger partial charge in [0, 0.05) is 16.9 Å². The largest absolute Gasteiger partial charge is 0.497 e. The second kappa shape index (κ2) is 8.62. The van der Waals surface area contributed by atoms with Crippen LogP contribution in [0.25, 0.3) is 11.3 Å². The summed E-state index contributed by atoms with van der Waals surface area (Å²) in [7, 11) is 1.58. The van der Waals surface area contributed by atoms with E-state index in [1.165, 1.54) is 17.7 Å². The summed E-state index contributed by atoms with van der Waals surface area (Å²) in [6.45, 7) is 0. The number of methoxy groups -OCH3 is 1. The summed E-state index contributed by atoms with van der Waals surface area (Å²) in [5.41, 5.74) is 2.09. The first kappa shape index (κ1) is 19.4. The zero-order valence-electron chi connectivity index (χ0n) is 15.9. The molecule has 0 fully saturated rings. The van der Waals surface area contributed by atoms with Crippen LogP contribution in [0.5, 0.6) is 5.75 Å². The average molecular weight is 419 g/mol. The van der Waals surface area contributed by atoms with Crippen LogP contribution in [-0.2, 0) is 0 Å². The molecule has 30 heavy (non-hydrogen) atoms. The Labute approximate surface area is 176 Å². The summed E-state index contributed by atoms with van der Waals surface area (Å²) in [5, 5.41) is 7.45. The first-order valence-electron chi connectivity index (χ1n) is 8.98. The molecular weight excluding hydrogens is 402 g/mol. The minimum atomic E-state index is -0.398. The Bertz CT molecular complexity index is 1150. The molecule has 4 rings (SSSR count). The number of nitrogens with zero attached hydrogens (tertiary/aromatic N) is 1. The third-order valence-corrected chi connectivity index (χ3v) is 5.15. The summed E-state index contributed by atoms with van der Waals surface area (Å²) in [4.78, 5) is 29.5. The molecule has 0 atom stereocenters. The average Bonchev–Trinajstić information content (AvgIpc) is 3.47. The van der Waals surface area contributed by atoms with E-state index < -0.39 is 5.91 Å². The molecule has 7 nitrogen and oxygen atoms in total. The third kappa shape index (κ3) is 4.23. The Hall–Kier alpha value is -3.91. The van der Waals surface area contributed by atoms with Gasteiger partial charge < -0.3 is 19.8 Å². The number of thiophene rings is 1. The van der Waals surface area contributed by atoms with E-state index in [4.69, 9.17) is 9.15 Å². The highest BCUT2D eigenvalue weighted by Gasteiger charge is 2.18. The molecule has 0 aliphatic heterocycles. The molecule has 0 saturated heterocycles. The molecule has 2 amide bonds. The number of oxazole rings is 1. The highest BCUT2D eigenvalue weighted by molar-refractivity contribution is 7.12. The fourth-order valence-corrected chi connectivity index (χ4v) is 3.40. The molecule has 2 N–H and O–H groups in total. The normalized spacial score (nSPS) is 10.4. The molecule has 0 saturated carbocycles. The Morgan fingerprint density at radius 3 is 2.20 bits per heavy atom. The van der Waals surface area contributed by atoms with Crippen LogP contribution in [0.3, 0.4) is 0 Å². The number of anilines is 2. The number of carbonyl (C=O) groups excluding carboxylic acids is 2. The van der Waals surface area contributed by atoms with Crippen LogP contribution < -0.4 is 15.4 Å². The molecule has 2 heterocycles. The highest BCUT2D eigenvalue weighted by atomic mass is 32.1. The zero-order chi connectivity index (χ0) is 20.9. The van der Waals surface area contributed by atoms with E-state index in [2.05, 4.69) is 15.6 Å². The fraction of sp³-hybridized carbons (Fsp3) is 0.0455. The van der Waals surface area contributed by atoms with Gasteiger partial charge in [0.25, 0.3) is 11.8 Å². The lowest BCUT2D eigenvalue weighted by Gasteiger charge is -2.07. The Morgan fingerprint density at radius 1 is 0.933 bits per heavy atom. The fourth-order valence-electron chi connectivity index (χ4n) is 2.78. The number of benzene rings is 2. The van der Waals surface area contributed by atoms with Crippen LogP contribution in [0, 0.1) is 0 Å². The summed E-state index contributed by atoms with van der Waals surface area (Å²) < 4.78 is 10.6. The molecule has 8 heteroatoms. The number of aromatic nitrogens is 1. The molecule has 2 aromatic carbocycles. The first-order valence-corrected chi connectivity index (χ1v) is 9.86. The molecule has 0 radical (unpaired) electrons.